The molecule has 0 amide bonds. The first-order valence-corrected chi connectivity index (χ1v) is 4.42. The van der Waals surface area contributed by atoms with Gasteiger partial charge in [0.25, 0.3) is 0 Å². The number of carbonyl (C=O) groups is 1. The molecule has 15 heavy (non-hydrogen) atoms. The van der Waals surface area contributed by atoms with Crippen molar-refractivity contribution in [3.63, 3.8) is 0 Å². The molecule has 0 bridgehead atoms. The average molecular weight is 223 g/mol. The highest BCUT2D eigenvalue weighted by Crippen LogP contribution is 2.02. The van der Waals surface area contributed by atoms with Crippen LogP contribution in [-0.2, 0) is 0 Å². The van der Waals surface area contributed by atoms with Gasteiger partial charge in [-0.15, -0.1) is 0 Å². The Morgan fingerprint density at radius 2 is 2.33 bits per heavy atom. The SMILES string of the molecule is NC(=S)NN=Cc1cccc(C(=O)O)c1. The fourth-order valence-corrected chi connectivity index (χ4v) is 0.975. The molecule has 4 N–H and O–H groups in total. The van der Waals surface area contributed by atoms with Crippen LogP contribution in [0.3, 0.4) is 0 Å². The Labute approximate surface area is 91.6 Å². The number of aromatic carboxylic acids is 1. The molecule has 0 aliphatic carbocycles. The molecule has 6 heteroatoms. The number of hydrazone groups is 1. The van der Waals surface area contributed by atoms with Crippen LogP contribution in [0.15, 0.2) is 29.4 Å². The Morgan fingerprint density at radius 1 is 1.60 bits per heavy atom. The second kappa shape index (κ2) is 5.06. The zero-order chi connectivity index (χ0) is 11.3. The van der Waals surface area contributed by atoms with Gasteiger partial charge in [-0.2, -0.15) is 5.10 Å². The lowest BCUT2D eigenvalue weighted by molar-refractivity contribution is 0.0697. The zero-order valence-corrected chi connectivity index (χ0v) is 8.49. The van der Waals surface area contributed by atoms with E-state index in [2.05, 4.69) is 22.7 Å². The number of hydrogen-bond acceptors (Lipinski definition) is 3. The van der Waals surface area contributed by atoms with Crippen LogP contribution in [-0.4, -0.2) is 22.4 Å². The van der Waals surface area contributed by atoms with E-state index in [0.717, 1.165) is 0 Å². The number of nitrogens with two attached hydrogens (primary N) is 1. The minimum atomic E-state index is -0.979. The Hall–Kier alpha value is -1.95. The molecular weight excluding hydrogens is 214 g/mol. The molecule has 0 atom stereocenters. The lowest BCUT2D eigenvalue weighted by atomic mass is 10.1. The number of rotatable bonds is 3. The van der Waals surface area contributed by atoms with Crippen LogP contribution >= 0.6 is 12.2 Å². The van der Waals surface area contributed by atoms with Gasteiger partial charge in [0.1, 0.15) is 0 Å². The summed E-state index contributed by atoms with van der Waals surface area (Å²) in [4.78, 5) is 10.6. The van der Waals surface area contributed by atoms with Crippen molar-refractivity contribution in [1.82, 2.24) is 5.43 Å². The van der Waals surface area contributed by atoms with Crippen molar-refractivity contribution in [3.05, 3.63) is 35.4 Å². The summed E-state index contributed by atoms with van der Waals surface area (Å²) in [5.74, 6) is -0.979. The molecule has 1 aromatic carbocycles. The van der Waals surface area contributed by atoms with Crippen molar-refractivity contribution in [2.75, 3.05) is 0 Å². The standard InChI is InChI=1S/C9H9N3O2S/c10-9(15)12-11-5-6-2-1-3-7(4-6)8(13)14/h1-5H,(H,13,14)(H3,10,12,15). The van der Waals surface area contributed by atoms with E-state index in [1.165, 1.54) is 18.3 Å². The van der Waals surface area contributed by atoms with Crippen molar-refractivity contribution < 1.29 is 9.90 Å². The van der Waals surface area contributed by atoms with Crippen LogP contribution in [0.5, 0.6) is 0 Å². The highest BCUT2D eigenvalue weighted by atomic mass is 32.1. The van der Waals surface area contributed by atoms with Crippen LogP contribution in [0.1, 0.15) is 15.9 Å². The van der Waals surface area contributed by atoms with Crippen LogP contribution in [0, 0.1) is 0 Å². The van der Waals surface area contributed by atoms with E-state index in [1.54, 1.807) is 12.1 Å². The minimum absolute atomic E-state index is 0.0561. The number of carboxylic acid groups (broad SMARTS) is 1. The largest absolute Gasteiger partial charge is 0.478 e. The van der Waals surface area contributed by atoms with E-state index in [-0.39, 0.29) is 10.7 Å². The molecule has 1 rings (SSSR count). The predicted octanol–water partition coefficient (Wildman–Crippen LogP) is 0.552. The van der Waals surface area contributed by atoms with Gasteiger partial charge in [0.05, 0.1) is 11.8 Å². The van der Waals surface area contributed by atoms with Gasteiger partial charge in [0, 0.05) is 0 Å². The summed E-state index contributed by atoms with van der Waals surface area (Å²) in [6.45, 7) is 0. The normalized spacial score (nSPS) is 10.1. The van der Waals surface area contributed by atoms with E-state index < -0.39 is 5.97 Å². The van der Waals surface area contributed by atoms with Gasteiger partial charge in [-0.25, -0.2) is 4.79 Å². The molecule has 0 unspecified atom stereocenters. The van der Waals surface area contributed by atoms with E-state index in [4.69, 9.17) is 10.8 Å². The number of nitrogens with zero attached hydrogens (tertiary/aromatic N) is 1. The maximum atomic E-state index is 10.6. The van der Waals surface area contributed by atoms with E-state index in [0.29, 0.717) is 5.56 Å². The molecule has 0 aliphatic rings. The quantitative estimate of drug-likeness (QED) is 0.396. The predicted molar refractivity (Wildman–Crippen MR) is 60.9 cm³/mol. The average Bonchev–Trinajstić information content (AvgIpc) is 2.17. The molecule has 0 spiro atoms. The second-order valence-electron chi connectivity index (χ2n) is 2.66. The fraction of sp³-hybridized carbons (Fsp3) is 0. The van der Waals surface area contributed by atoms with Crippen molar-refractivity contribution in [3.8, 4) is 0 Å². The molecule has 0 aromatic heterocycles. The molecule has 0 aliphatic heterocycles. The van der Waals surface area contributed by atoms with Crippen molar-refractivity contribution in [2.24, 2.45) is 10.8 Å². The molecule has 0 radical (unpaired) electrons. The van der Waals surface area contributed by atoms with Gasteiger partial charge >= 0.3 is 5.97 Å². The molecule has 0 saturated carbocycles. The number of benzene rings is 1. The second-order valence-corrected chi connectivity index (χ2v) is 3.10. The van der Waals surface area contributed by atoms with Crippen molar-refractivity contribution >= 4 is 29.5 Å². The molecule has 78 valence electrons. The van der Waals surface area contributed by atoms with Gasteiger partial charge in [-0.1, -0.05) is 12.1 Å². The van der Waals surface area contributed by atoms with Crippen molar-refractivity contribution in [1.29, 1.82) is 0 Å². The summed E-state index contributed by atoms with van der Waals surface area (Å²) in [5.41, 5.74) is 8.38. The minimum Gasteiger partial charge on any atom is -0.478 e. The topological polar surface area (TPSA) is 87.7 Å². The number of carboxylic acids is 1. The smallest absolute Gasteiger partial charge is 0.335 e. The van der Waals surface area contributed by atoms with E-state index >= 15 is 0 Å². The lowest BCUT2D eigenvalue weighted by Gasteiger charge is -1.97. The summed E-state index contributed by atoms with van der Waals surface area (Å²) in [6.07, 6.45) is 1.44. The van der Waals surface area contributed by atoms with Gasteiger partial charge in [-0.3, -0.25) is 5.43 Å². The van der Waals surface area contributed by atoms with Crippen LogP contribution in [0.2, 0.25) is 0 Å². The fourth-order valence-electron chi connectivity index (χ4n) is 0.922. The van der Waals surface area contributed by atoms with Crippen molar-refractivity contribution in [2.45, 2.75) is 0 Å². The molecule has 0 saturated heterocycles. The molecular formula is C9H9N3O2S. The van der Waals surface area contributed by atoms with Gasteiger partial charge in [0.15, 0.2) is 5.11 Å². The highest BCUT2D eigenvalue weighted by Gasteiger charge is 2.01. The maximum absolute atomic E-state index is 10.6. The van der Waals surface area contributed by atoms with E-state index in [1.807, 2.05) is 0 Å². The Morgan fingerprint density at radius 3 is 2.93 bits per heavy atom. The number of thiocarbonyl (C=S) groups is 1. The summed E-state index contributed by atoms with van der Waals surface area (Å²) in [7, 11) is 0. The van der Waals surface area contributed by atoms with E-state index in [9.17, 15) is 4.79 Å². The summed E-state index contributed by atoms with van der Waals surface area (Å²) < 4.78 is 0. The van der Waals surface area contributed by atoms with Gasteiger partial charge < -0.3 is 10.8 Å². The maximum Gasteiger partial charge on any atom is 0.335 e. The van der Waals surface area contributed by atoms with Gasteiger partial charge in [0.2, 0.25) is 0 Å². The Balaban J connectivity index is 2.78. The van der Waals surface area contributed by atoms with Crippen LogP contribution in [0.25, 0.3) is 0 Å². The lowest BCUT2D eigenvalue weighted by Crippen LogP contribution is -2.24. The molecule has 1 aromatic rings. The van der Waals surface area contributed by atoms with Gasteiger partial charge in [-0.05, 0) is 29.9 Å². The first-order chi connectivity index (χ1) is 7.09. The third kappa shape index (κ3) is 3.74. The third-order valence-electron chi connectivity index (χ3n) is 1.52. The zero-order valence-electron chi connectivity index (χ0n) is 7.68. The highest BCUT2D eigenvalue weighted by molar-refractivity contribution is 7.80. The van der Waals surface area contributed by atoms with Crippen LogP contribution < -0.4 is 11.2 Å². The Kier molecular flexibility index (Phi) is 3.75. The summed E-state index contributed by atoms with van der Waals surface area (Å²) in [6, 6.07) is 6.34. The first kappa shape index (κ1) is 11.1. The number of nitrogens with one attached hydrogen (secondary N) is 1. The molecule has 0 heterocycles. The summed E-state index contributed by atoms with van der Waals surface area (Å²) in [5, 5.41) is 12.5. The molecule has 0 fully saturated rings. The molecule has 5 nitrogen and oxygen atoms in total. The monoisotopic (exact) mass is 223 g/mol. The summed E-state index contributed by atoms with van der Waals surface area (Å²) >= 11 is 4.54. The first-order valence-electron chi connectivity index (χ1n) is 4.01. The number of hydrogen-bond donors (Lipinski definition) is 3. The third-order valence-corrected chi connectivity index (χ3v) is 1.61. The van der Waals surface area contributed by atoms with Crippen LogP contribution in [0.4, 0.5) is 0 Å². The Bertz CT molecular complexity index is 418.